The average Bonchev–Trinajstić information content (AvgIpc) is 2.70. The predicted molar refractivity (Wildman–Crippen MR) is 112 cm³/mol. The molecule has 0 saturated carbocycles. The molecule has 2 atom stereocenters. The van der Waals surface area contributed by atoms with E-state index in [1.54, 1.807) is 12.1 Å². The largest absolute Gasteiger partial charge is 0.373 e. The van der Waals surface area contributed by atoms with Crippen molar-refractivity contribution in [3.8, 4) is 0 Å². The number of nitro benzene ring substituents is 1. The summed E-state index contributed by atoms with van der Waals surface area (Å²) in [5.41, 5.74) is 0.771. The maximum absolute atomic E-state index is 12.5. The lowest BCUT2D eigenvalue weighted by Crippen LogP contribution is -2.46. The van der Waals surface area contributed by atoms with E-state index in [0.29, 0.717) is 25.3 Å². The van der Waals surface area contributed by atoms with Crippen LogP contribution in [0, 0.1) is 16.0 Å². The number of carbonyl (C=O) groups is 1. The minimum absolute atomic E-state index is 0.0163. The zero-order valence-corrected chi connectivity index (χ0v) is 17.4. The normalized spacial score (nSPS) is 23.7. The number of hydrogen-bond acceptors (Lipinski definition) is 6. The van der Waals surface area contributed by atoms with Gasteiger partial charge in [-0.05, 0) is 39.2 Å². The van der Waals surface area contributed by atoms with Gasteiger partial charge in [-0.1, -0.05) is 12.1 Å². The van der Waals surface area contributed by atoms with E-state index >= 15 is 0 Å². The lowest BCUT2D eigenvalue weighted by molar-refractivity contribution is -0.384. The van der Waals surface area contributed by atoms with Crippen LogP contribution >= 0.6 is 0 Å². The summed E-state index contributed by atoms with van der Waals surface area (Å²) in [6.07, 6.45) is 2.89. The minimum Gasteiger partial charge on any atom is -0.373 e. The molecule has 160 valence electrons. The maximum Gasteiger partial charge on any atom is 0.292 e. The molecule has 8 nitrogen and oxygen atoms in total. The molecular weight excluding hydrogens is 372 g/mol. The predicted octanol–water partition coefficient (Wildman–Crippen LogP) is 2.43. The van der Waals surface area contributed by atoms with Crippen molar-refractivity contribution in [1.29, 1.82) is 0 Å². The third-order valence-electron chi connectivity index (χ3n) is 5.73. The molecule has 29 heavy (non-hydrogen) atoms. The van der Waals surface area contributed by atoms with Crippen LogP contribution in [0.15, 0.2) is 24.3 Å². The molecule has 1 N–H and O–H groups in total. The Labute approximate surface area is 172 Å². The highest BCUT2D eigenvalue weighted by Gasteiger charge is 2.28. The van der Waals surface area contributed by atoms with E-state index in [-0.39, 0.29) is 34.6 Å². The Morgan fingerprint density at radius 2 is 1.86 bits per heavy atom. The van der Waals surface area contributed by atoms with Crippen LogP contribution < -0.4 is 10.2 Å². The first kappa shape index (κ1) is 21.5. The Bertz CT molecular complexity index is 696. The number of morpholine rings is 1. The number of rotatable bonds is 7. The molecule has 2 saturated heterocycles. The number of hydrogen-bond donors (Lipinski definition) is 1. The molecule has 2 aliphatic heterocycles. The van der Waals surface area contributed by atoms with Gasteiger partial charge in [0.15, 0.2) is 0 Å². The topological polar surface area (TPSA) is 88.0 Å². The van der Waals surface area contributed by atoms with Crippen molar-refractivity contribution in [3.63, 3.8) is 0 Å². The summed E-state index contributed by atoms with van der Waals surface area (Å²) < 4.78 is 5.75. The Kier molecular flexibility index (Phi) is 7.44. The molecule has 8 heteroatoms. The lowest BCUT2D eigenvalue weighted by atomic mass is 9.95. The van der Waals surface area contributed by atoms with Crippen LogP contribution in [-0.4, -0.2) is 67.2 Å². The van der Waals surface area contributed by atoms with Crippen molar-refractivity contribution in [2.75, 3.05) is 44.2 Å². The number of nitrogens with one attached hydrogen (secondary N) is 1. The summed E-state index contributed by atoms with van der Waals surface area (Å²) in [4.78, 5) is 27.8. The highest BCUT2D eigenvalue weighted by molar-refractivity contribution is 5.79. The van der Waals surface area contributed by atoms with E-state index in [9.17, 15) is 14.9 Å². The molecule has 0 radical (unpaired) electrons. The summed E-state index contributed by atoms with van der Waals surface area (Å²) >= 11 is 0. The zero-order valence-electron chi connectivity index (χ0n) is 17.4. The number of anilines is 1. The van der Waals surface area contributed by atoms with Gasteiger partial charge in [0.1, 0.15) is 5.69 Å². The standard InChI is InChI=1S/C21H32N4O4/c1-16-14-23(15-17(2)29-16)11-5-10-22-21(26)18-8-12-24(13-9-18)19-6-3-4-7-20(19)25(27)28/h3-4,6-7,16-18H,5,8-15H2,1-2H3,(H,22,26)/t16-,17+. The lowest BCUT2D eigenvalue weighted by Gasteiger charge is -2.35. The zero-order chi connectivity index (χ0) is 20.8. The molecule has 0 spiro atoms. The van der Waals surface area contributed by atoms with E-state index < -0.39 is 0 Å². The number of nitro groups is 1. The summed E-state index contributed by atoms with van der Waals surface area (Å²) in [6.45, 7) is 9.06. The highest BCUT2D eigenvalue weighted by Crippen LogP contribution is 2.31. The van der Waals surface area contributed by atoms with Crippen LogP contribution in [0.5, 0.6) is 0 Å². The maximum atomic E-state index is 12.5. The first-order valence-electron chi connectivity index (χ1n) is 10.6. The van der Waals surface area contributed by atoms with Crippen LogP contribution in [0.2, 0.25) is 0 Å². The van der Waals surface area contributed by atoms with Crippen molar-refractivity contribution < 1.29 is 14.5 Å². The summed E-state index contributed by atoms with van der Waals surface area (Å²) in [6, 6.07) is 6.81. The molecule has 2 aliphatic rings. The van der Waals surface area contributed by atoms with Gasteiger partial charge in [0.25, 0.3) is 5.69 Å². The fourth-order valence-electron chi connectivity index (χ4n) is 4.39. The molecule has 0 aliphatic carbocycles. The number of benzene rings is 1. The second kappa shape index (κ2) is 10.0. The average molecular weight is 405 g/mol. The van der Waals surface area contributed by atoms with Gasteiger partial charge in [-0.25, -0.2) is 0 Å². The van der Waals surface area contributed by atoms with Crippen molar-refractivity contribution in [2.24, 2.45) is 5.92 Å². The quantitative estimate of drug-likeness (QED) is 0.427. The van der Waals surface area contributed by atoms with Gasteiger partial charge in [-0.2, -0.15) is 0 Å². The second-order valence-corrected chi connectivity index (χ2v) is 8.17. The van der Waals surface area contributed by atoms with Gasteiger partial charge in [-0.15, -0.1) is 0 Å². The van der Waals surface area contributed by atoms with Crippen molar-refractivity contribution in [1.82, 2.24) is 10.2 Å². The van der Waals surface area contributed by atoms with Crippen molar-refractivity contribution in [2.45, 2.75) is 45.3 Å². The van der Waals surface area contributed by atoms with Crippen molar-refractivity contribution in [3.05, 3.63) is 34.4 Å². The van der Waals surface area contributed by atoms with E-state index in [1.165, 1.54) is 6.07 Å². The third-order valence-corrected chi connectivity index (χ3v) is 5.73. The second-order valence-electron chi connectivity index (χ2n) is 8.17. The Morgan fingerprint density at radius 3 is 2.52 bits per heavy atom. The molecule has 0 bridgehead atoms. The number of nitrogens with zero attached hydrogens (tertiary/aromatic N) is 3. The van der Waals surface area contributed by atoms with Gasteiger partial charge >= 0.3 is 0 Å². The molecule has 1 aromatic rings. The number of amides is 1. The van der Waals surface area contributed by atoms with Crippen LogP contribution in [0.3, 0.4) is 0 Å². The molecule has 3 rings (SSSR count). The third kappa shape index (κ3) is 5.90. The van der Waals surface area contributed by atoms with E-state index in [4.69, 9.17) is 4.74 Å². The fraction of sp³-hybridized carbons (Fsp3) is 0.667. The van der Waals surface area contributed by atoms with Gasteiger partial charge in [0.05, 0.1) is 17.1 Å². The number of para-hydroxylation sites is 2. The van der Waals surface area contributed by atoms with E-state index in [1.807, 2.05) is 11.0 Å². The van der Waals surface area contributed by atoms with Crippen molar-refractivity contribution >= 4 is 17.3 Å². The number of piperidine rings is 1. The van der Waals surface area contributed by atoms with Crippen LogP contribution in [0.4, 0.5) is 11.4 Å². The van der Waals surface area contributed by atoms with Gasteiger partial charge in [0.2, 0.25) is 5.91 Å². The molecule has 1 aromatic carbocycles. The SMILES string of the molecule is C[C@@H]1CN(CCCNC(=O)C2CCN(c3ccccc3[N+](=O)[O-])CC2)C[C@H](C)O1. The van der Waals surface area contributed by atoms with Crippen LogP contribution in [0.25, 0.3) is 0 Å². The molecule has 2 fully saturated rings. The van der Waals surface area contributed by atoms with Gasteiger partial charge in [-0.3, -0.25) is 19.8 Å². The first-order valence-corrected chi connectivity index (χ1v) is 10.6. The summed E-state index contributed by atoms with van der Waals surface area (Å²) in [5, 5.41) is 14.3. The van der Waals surface area contributed by atoms with Gasteiger partial charge in [0, 0.05) is 51.3 Å². The smallest absolute Gasteiger partial charge is 0.292 e. The Morgan fingerprint density at radius 1 is 1.21 bits per heavy atom. The summed E-state index contributed by atoms with van der Waals surface area (Å²) in [7, 11) is 0. The van der Waals surface area contributed by atoms with E-state index in [0.717, 1.165) is 38.9 Å². The Hall–Kier alpha value is -2.19. The van der Waals surface area contributed by atoms with Crippen LogP contribution in [-0.2, 0) is 9.53 Å². The van der Waals surface area contributed by atoms with Crippen LogP contribution in [0.1, 0.15) is 33.1 Å². The molecule has 0 unspecified atom stereocenters. The molecular formula is C21H32N4O4. The molecule has 1 amide bonds. The number of ether oxygens (including phenoxy) is 1. The molecule has 2 heterocycles. The van der Waals surface area contributed by atoms with Gasteiger partial charge < -0.3 is 15.0 Å². The highest BCUT2D eigenvalue weighted by atomic mass is 16.6. The molecule has 0 aromatic heterocycles. The number of carbonyl (C=O) groups excluding carboxylic acids is 1. The monoisotopic (exact) mass is 404 g/mol. The fourth-order valence-corrected chi connectivity index (χ4v) is 4.39. The van der Waals surface area contributed by atoms with E-state index in [2.05, 4.69) is 24.1 Å². The Balaban J connectivity index is 1.39. The first-order chi connectivity index (χ1) is 13.9. The summed E-state index contributed by atoms with van der Waals surface area (Å²) in [5.74, 6) is 0.0911. The minimum atomic E-state index is -0.343.